The van der Waals surface area contributed by atoms with E-state index >= 15 is 0 Å². The third kappa shape index (κ3) is 4.31. The van der Waals surface area contributed by atoms with Crippen LogP contribution in [0.1, 0.15) is 17.0 Å². The quantitative estimate of drug-likeness (QED) is 0.786. The van der Waals surface area contributed by atoms with E-state index in [0.29, 0.717) is 12.2 Å². The van der Waals surface area contributed by atoms with E-state index in [1.807, 2.05) is 24.6 Å². The molecule has 2 rings (SSSR count). The number of hydrogen-bond acceptors (Lipinski definition) is 5. The number of rotatable bonds is 7. The molecule has 1 saturated heterocycles. The fourth-order valence-electron chi connectivity index (χ4n) is 2.79. The lowest BCUT2D eigenvalue weighted by Gasteiger charge is -2.29. The number of morpholine rings is 1. The third-order valence-corrected chi connectivity index (χ3v) is 4.40. The Hall–Kier alpha value is -1.39. The predicted octanol–water partition coefficient (Wildman–Crippen LogP) is 0.332. The van der Waals surface area contributed by atoms with Gasteiger partial charge in [0, 0.05) is 52.0 Å². The summed E-state index contributed by atoms with van der Waals surface area (Å²) in [6.45, 7) is 9.10. The van der Waals surface area contributed by atoms with E-state index < -0.39 is 0 Å². The second-order valence-corrected chi connectivity index (χ2v) is 5.76. The molecular formula is C16H26N4O2. The molecule has 0 spiro atoms. The summed E-state index contributed by atoms with van der Waals surface area (Å²) >= 11 is 0. The molecule has 6 heteroatoms. The van der Waals surface area contributed by atoms with E-state index in [4.69, 9.17) is 10.00 Å². The molecule has 1 aliphatic rings. The van der Waals surface area contributed by atoms with Crippen LogP contribution in [0, 0.1) is 18.3 Å². The largest absolute Gasteiger partial charge is 0.395 e. The van der Waals surface area contributed by atoms with Crippen LogP contribution in [0.4, 0.5) is 0 Å². The molecule has 1 aliphatic heterocycles. The number of nitrogens with zero attached hydrogens (tertiary/aromatic N) is 4. The van der Waals surface area contributed by atoms with Gasteiger partial charge in [0.05, 0.1) is 19.8 Å². The van der Waals surface area contributed by atoms with Crippen molar-refractivity contribution in [1.29, 1.82) is 5.26 Å². The first kappa shape index (κ1) is 17.0. The number of ether oxygens (including phenoxy) is 1. The molecule has 2 heterocycles. The Balaban J connectivity index is 1.94. The maximum atomic E-state index is 9.29. The summed E-state index contributed by atoms with van der Waals surface area (Å²) in [6, 6.07) is 4.17. The zero-order valence-corrected chi connectivity index (χ0v) is 13.6. The van der Waals surface area contributed by atoms with Gasteiger partial charge in [-0.1, -0.05) is 0 Å². The van der Waals surface area contributed by atoms with Gasteiger partial charge in [0.15, 0.2) is 0 Å². The minimum atomic E-state index is 0.153. The number of aliphatic hydroxyl groups excluding tert-OH is 1. The second-order valence-electron chi connectivity index (χ2n) is 5.76. The van der Waals surface area contributed by atoms with Gasteiger partial charge in [-0.3, -0.25) is 9.80 Å². The first-order valence-corrected chi connectivity index (χ1v) is 7.84. The maximum absolute atomic E-state index is 9.29. The Bertz CT molecular complexity index is 515. The van der Waals surface area contributed by atoms with Gasteiger partial charge in [0.2, 0.25) is 0 Å². The number of aromatic nitrogens is 1. The van der Waals surface area contributed by atoms with Crippen LogP contribution in [-0.2, 0) is 18.3 Å². The first-order chi connectivity index (χ1) is 10.7. The predicted molar refractivity (Wildman–Crippen MR) is 84.5 cm³/mol. The normalized spacial score (nSPS) is 16.1. The summed E-state index contributed by atoms with van der Waals surface area (Å²) in [7, 11) is 1.92. The fraction of sp³-hybridized carbons (Fsp3) is 0.688. The van der Waals surface area contributed by atoms with Gasteiger partial charge in [-0.05, 0) is 18.6 Å². The first-order valence-electron chi connectivity index (χ1n) is 7.84. The minimum absolute atomic E-state index is 0.153. The van der Waals surface area contributed by atoms with Crippen molar-refractivity contribution < 1.29 is 9.84 Å². The molecule has 0 radical (unpaired) electrons. The highest BCUT2D eigenvalue weighted by molar-refractivity contribution is 5.34. The van der Waals surface area contributed by atoms with Crippen LogP contribution in [0.2, 0.25) is 0 Å². The second kappa shape index (κ2) is 8.30. The van der Waals surface area contributed by atoms with Crippen molar-refractivity contribution in [3.8, 4) is 6.07 Å². The van der Waals surface area contributed by atoms with Crippen LogP contribution in [0.15, 0.2) is 6.07 Å². The molecule has 1 aromatic rings. The van der Waals surface area contributed by atoms with Crippen molar-refractivity contribution in [1.82, 2.24) is 14.4 Å². The molecule has 0 aromatic carbocycles. The average molecular weight is 306 g/mol. The maximum Gasteiger partial charge on any atom is 0.120 e. The van der Waals surface area contributed by atoms with Gasteiger partial charge in [-0.2, -0.15) is 5.26 Å². The Kier molecular flexibility index (Phi) is 6.40. The Morgan fingerprint density at radius 3 is 2.68 bits per heavy atom. The molecule has 0 unspecified atom stereocenters. The lowest BCUT2D eigenvalue weighted by molar-refractivity contribution is 0.0320. The van der Waals surface area contributed by atoms with Gasteiger partial charge < -0.3 is 14.4 Å². The van der Waals surface area contributed by atoms with Crippen molar-refractivity contribution in [2.75, 3.05) is 52.5 Å². The average Bonchev–Trinajstić information content (AvgIpc) is 2.81. The van der Waals surface area contributed by atoms with Crippen LogP contribution in [-0.4, -0.2) is 72.0 Å². The zero-order chi connectivity index (χ0) is 15.9. The highest BCUT2D eigenvalue weighted by Gasteiger charge is 2.15. The van der Waals surface area contributed by atoms with E-state index in [0.717, 1.165) is 57.2 Å². The smallest absolute Gasteiger partial charge is 0.120 e. The van der Waals surface area contributed by atoms with Crippen molar-refractivity contribution in [2.24, 2.45) is 7.05 Å². The topological polar surface area (TPSA) is 64.7 Å². The zero-order valence-electron chi connectivity index (χ0n) is 13.6. The third-order valence-electron chi connectivity index (χ3n) is 4.40. The molecule has 1 N–H and O–H groups in total. The van der Waals surface area contributed by atoms with E-state index in [9.17, 15) is 5.11 Å². The lowest BCUT2D eigenvalue weighted by Crippen LogP contribution is -2.41. The summed E-state index contributed by atoms with van der Waals surface area (Å²) in [5.41, 5.74) is 2.96. The summed E-state index contributed by atoms with van der Waals surface area (Å²) in [6.07, 6.45) is 0. The molecule has 1 fully saturated rings. The SMILES string of the molecule is Cc1c(CN(CCO)CCN2CCOCC2)cc(C#N)n1C. The van der Waals surface area contributed by atoms with Crippen molar-refractivity contribution in [3.63, 3.8) is 0 Å². The van der Waals surface area contributed by atoms with E-state index in [-0.39, 0.29) is 6.61 Å². The monoisotopic (exact) mass is 306 g/mol. The molecule has 0 amide bonds. The summed E-state index contributed by atoms with van der Waals surface area (Å²) in [5.74, 6) is 0. The number of hydrogen-bond donors (Lipinski definition) is 1. The minimum Gasteiger partial charge on any atom is -0.395 e. The molecular weight excluding hydrogens is 280 g/mol. The Morgan fingerprint density at radius 2 is 2.09 bits per heavy atom. The van der Waals surface area contributed by atoms with Crippen LogP contribution in [0.5, 0.6) is 0 Å². The molecule has 0 saturated carbocycles. The molecule has 1 aromatic heterocycles. The van der Waals surface area contributed by atoms with Crippen LogP contribution in [0.25, 0.3) is 0 Å². The van der Waals surface area contributed by atoms with Gasteiger partial charge in [0.25, 0.3) is 0 Å². The van der Waals surface area contributed by atoms with Crippen molar-refractivity contribution in [3.05, 3.63) is 23.0 Å². The van der Waals surface area contributed by atoms with Crippen LogP contribution < -0.4 is 0 Å². The Morgan fingerprint density at radius 1 is 1.36 bits per heavy atom. The molecule has 0 aliphatic carbocycles. The molecule has 0 atom stereocenters. The van der Waals surface area contributed by atoms with E-state index in [1.165, 1.54) is 0 Å². The number of aliphatic hydroxyl groups is 1. The van der Waals surface area contributed by atoms with Crippen molar-refractivity contribution in [2.45, 2.75) is 13.5 Å². The highest BCUT2D eigenvalue weighted by atomic mass is 16.5. The molecule has 0 bridgehead atoms. The van der Waals surface area contributed by atoms with Gasteiger partial charge in [-0.25, -0.2) is 0 Å². The highest BCUT2D eigenvalue weighted by Crippen LogP contribution is 2.15. The van der Waals surface area contributed by atoms with Gasteiger partial charge in [-0.15, -0.1) is 0 Å². The van der Waals surface area contributed by atoms with Gasteiger partial charge in [0.1, 0.15) is 11.8 Å². The van der Waals surface area contributed by atoms with E-state index in [1.54, 1.807) is 0 Å². The molecule has 122 valence electrons. The fourth-order valence-corrected chi connectivity index (χ4v) is 2.79. The summed E-state index contributed by atoms with van der Waals surface area (Å²) < 4.78 is 7.29. The summed E-state index contributed by atoms with van der Waals surface area (Å²) in [5, 5.41) is 18.4. The van der Waals surface area contributed by atoms with Crippen LogP contribution >= 0.6 is 0 Å². The molecule has 6 nitrogen and oxygen atoms in total. The number of nitriles is 1. The summed E-state index contributed by atoms with van der Waals surface area (Å²) in [4.78, 5) is 4.64. The van der Waals surface area contributed by atoms with Crippen molar-refractivity contribution >= 4 is 0 Å². The Labute approximate surface area is 132 Å². The van der Waals surface area contributed by atoms with Gasteiger partial charge >= 0.3 is 0 Å². The standard InChI is InChI=1S/C16H26N4O2/c1-14-15(11-16(12-17)18(14)2)13-20(5-8-21)4-3-19-6-9-22-10-7-19/h11,21H,3-10,13H2,1-2H3. The lowest BCUT2D eigenvalue weighted by atomic mass is 10.2. The van der Waals surface area contributed by atoms with E-state index in [2.05, 4.69) is 15.9 Å². The van der Waals surface area contributed by atoms with Crippen LogP contribution in [0.3, 0.4) is 0 Å². The molecule has 22 heavy (non-hydrogen) atoms.